The number of carbonyl (C=O) groups is 3. The Hall–Kier alpha value is -3.15. The summed E-state index contributed by atoms with van der Waals surface area (Å²) in [6, 6.07) is 16.1. The summed E-state index contributed by atoms with van der Waals surface area (Å²) >= 11 is 0. The predicted octanol–water partition coefficient (Wildman–Crippen LogP) is 1.84. The van der Waals surface area contributed by atoms with E-state index in [0.29, 0.717) is 6.29 Å². The first-order valence-electron chi connectivity index (χ1n) is 8.00. The lowest BCUT2D eigenvalue weighted by Gasteiger charge is -2.14. The van der Waals surface area contributed by atoms with Gasteiger partial charge in [0.1, 0.15) is 19.4 Å². The summed E-state index contributed by atoms with van der Waals surface area (Å²) in [6.45, 7) is -0.120. The number of hydrogen-bond acceptors (Lipinski definition) is 4. The molecule has 0 aliphatic heterocycles. The van der Waals surface area contributed by atoms with Gasteiger partial charge in [-0.1, -0.05) is 48.5 Å². The van der Waals surface area contributed by atoms with E-state index in [1.54, 1.807) is 0 Å². The van der Waals surface area contributed by atoms with Crippen molar-refractivity contribution in [1.29, 1.82) is 0 Å². The van der Waals surface area contributed by atoms with Crippen LogP contribution in [0.25, 0.3) is 11.1 Å². The lowest BCUT2D eigenvalue weighted by atomic mass is 9.98. The van der Waals surface area contributed by atoms with Crippen molar-refractivity contribution in [2.24, 2.45) is 0 Å². The van der Waals surface area contributed by atoms with Gasteiger partial charge >= 0.3 is 6.09 Å². The molecule has 0 heterocycles. The summed E-state index contributed by atoms with van der Waals surface area (Å²) in [4.78, 5) is 33.3. The largest absolute Gasteiger partial charge is 0.449 e. The molecule has 0 unspecified atom stereocenters. The maximum Gasteiger partial charge on any atom is 0.407 e. The van der Waals surface area contributed by atoms with Crippen molar-refractivity contribution >= 4 is 18.3 Å². The van der Waals surface area contributed by atoms with E-state index in [4.69, 9.17) is 4.74 Å². The molecule has 2 aromatic carbocycles. The number of aldehydes is 1. The summed E-state index contributed by atoms with van der Waals surface area (Å²) in [5, 5.41) is 4.71. The highest BCUT2D eigenvalue weighted by molar-refractivity contribution is 5.83. The van der Waals surface area contributed by atoms with Gasteiger partial charge < -0.3 is 20.2 Å². The molecule has 2 amide bonds. The number of fused-ring (bicyclic) bond motifs is 3. The van der Waals surface area contributed by atoms with Crippen molar-refractivity contribution in [3.63, 3.8) is 0 Å². The summed E-state index contributed by atoms with van der Waals surface area (Å²) in [7, 11) is 0. The van der Waals surface area contributed by atoms with Crippen LogP contribution in [0.5, 0.6) is 0 Å². The highest BCUT2D eigenvalue weighted by Gasteiger charge is 2.28. The van der Waals surface area contributed by atoms with E-state index in [1.807, 2.05) is 36.4 Å². The molecule has 0 saturated carbocycles. The molecule has 0 radical (unpaired) electrons. The van der Waals surface area contributed by atoms with Crippen LogP contribution in [0.3, 0.4) is 0 Å². The fourth-order valence-electron chi connectivity index (χ4n) is 3.02. The van der Waals surface area contributed by atoms with Gasteiger partial charge in [0.2, 0.25) is 5.91 Å². The molecule has 0 spiro atoms. The van der Waals surface area contributed by atoms with Crippen LogP contribution >= 0.6 is 0 Å². The number of alkyl carbamates (subject to hydrolysis) is 1. The number of benzene rings is 2. The Balaban J connectivity index is 1.61. The van der Waals surface area contributed by atoms with Gasteiger partial charge in [-0.25, -0.2) is 4.79 Å². The Labute approximate surface area is 145 Å². The summed E-state index contributed by atoms with van der Waals surface area (Å²) in [5.41, 5.74) is 4.56. The molecule has 6 heteroatoms. The number of carbonyl (C=O) groups excluding carboxylic acids is 3. The minimum Gasteiger partial charge on any atom is -0.449 e. The topological polar surface area (TPSA) is 84.5 Å². The fourth-order valence-corrected chi connectivity index (χ4v) is 3.02. The molecule has 0 saturated heterocycles. The Kier molecular flexibility index (Phi) is 5.09. The number of ether oxygens (including phenoxy) is 1. The normalized spacial score (nSPS) is 12.0. The Morgan fingerprint density at radius 1 is 0.960 bits per heavy atom. The van der Waals surface area contributed by atoms with Gasteiger partial charge in [0.15, 0.2) is 0 Å². The lowest BCUT2D eigenvalue weighted by molar-refractivity contribution is -0.121. The summed E-state index contributed by atoms with van der Waals surface area (Å²) in [5.74, 6) is -0.470. The second-order valence-corrected chi connectivity index (χ2v) is 5.65. The van der Waals surface area contributed by atoms with Crippen molar-refractivity contribution in [3.05, 3.63) is 59.7 Å². The Bertz CT molecular complexity index is 758. The summed E-state index contributed by atoms with van der Waals surface area (Å²) in [6.07, 6.45) is -0.0892. The fraction of sp³-hybridized carbons (Fsp3) is 0.211. The molecule has 0 aromatic heterocycles. The van der Waals surface area contributed by atoms with Crippen molar-refractivity contribution in [2.75, 3.05) is 19.7 Å². The molecular formula is C19H18N2O4. The number of nitrogens with one attached hydrogen (secondary N) is 2. The lowest BCUT2D eigenvalue weighted by Crippen LogP contribution is -2.38. The first kappa shape index (κ1) is 16.7. The average Bonchev–Trinajstić information content (AvgIpc) is 2.97. The third-order valence-electron chi connectivity index (χ3n) is 4.12. The van der Waals surface area contributed by atoms with Crippen LogP contribution in [0.4, 0.5) is 4.79 Å². The second kappa shape index (κ2) is 7.61. The predicted molar refractivity (Wildman–Crippen MR) is 92.1 cm³/mol. The molecule has 2 aromatic rings. The highest BCUT2D eigenvalue weighted by atomic mass is 16.5. The first-order chi connectivity index (χ1) is 12.2. The quantitative estimate of drug-likeness (QED) is 0.787. The van der Waals surface area contributed by atoms with Crippen LogP contribution in [-0.4, -0.2) is 38.0 Å². The second-order valence-electron chi connectivity index (χ2n) is 5.65. The minimum atomic E-state index is -0.664. The van der Waals surface area contributed by atoms with E-state index in [9.17, 15) is 14.4 Å². The SMILES string of the molecule is O=CCNC(=O)CNC(=O)OCC1c2ccccc2-c2ccccc21. The summed E-state index contributed by atoms with van der Waals surface area (Å²) < 4.78 is 5.29. The molecule has 0 bridgehead atoms. The molecule has 0 fully saturated rings. The van der Waals surface area contributed by atoms with E-state index in [1.165, 1.54) is 0 Å². The van der Waals surface area contributed by atoms with Crippen LogP contribution < -0.4 is 10.6 Å². The molecule has 1 aliphatic carbocycles. The molecule has 6 nitrogen and oxygen atoms in total. The zero-order valence-corrected chi connectivity index (χ0v) is 13.5. The zero-order valence-electron chi connectivity index (χ0n) is 13.5. The average molecular weight is 338 g/mol. The van der Waals surface area contributed by atoms with Gasteiger partial charge in [-0.05, 0) is 22.3 Å². The van der Waals surface area contributed by atoms with Crippen molar-refractivity contribution in [1.82, 2.24) is 10.6 Å². The number of hydrogen-bond donors (Lipinski definition) is 2. The third-order valence-corrected chi connectivity index (χ3v) is 4.12. The van der Waals surface area contributed by atoms with E-state index < -0.39 is 12.0 Å². The number of amides is 2. The van der Waals surface area contributed by atoms with Crippen molar-refractivity contribution in [2.45, 2.75) is 5.92 Å². The van der Waals surface area contributed by atoms with Crippen LogP contribution in [0.2, 0.25) is 0 Å². The number of rotatable bonds is 6. The van der Waals surface area contributed by atoms with Crippen LogP contribution in [-0.2, 0) is 14.3 Å². The molecule has 0 atom stereocenters. The van der Waals surface area contributed by atoms with Gasteiger partial charge in [0.25, 0.3) is 0 Å². The monoisotopic (exact) mass is 338 g/mol. The van der Waals surface area contributed by atoms with Gasteiger partial charge in [0, 0.05) is 5.92 Å². The van der Waals surface area contributed by atoms with Gasteiger partial charge in [-0.2, -0.15) is 0 Å². The molecule has 25 heavy (non-hydrogen) atoms. The molecule has 128 valence electrons. The van der Waals surface area contributed by atoms with Crippen LogP contribution in [0, 0.1) is 0 Å². The zero-order chi connectivity index (χ0) is 17.6. The van der Waals surface area contributed by atoms with E-state index in [0.717, 1.165) is 22.3 Å². The van der Waals surface area contributed by atoms with Crippen molar-refractivity contribution < 1.29 is 19.1 Å². The van der Waals surface area contributed by atoms with E-state index in [-0.39, 0.29) is 25.6 Å². The van der Waals surface area contributed by atoms with Gasteiger partial charge in [0.05, 0.1) is 6.54 Å². The third kappa shape index (κ3) is 3.68. The Morgan fingerprint density at radius 2 is 1.56 bits per heavy atom. The first-order valence-corrected chi connectivity index (χ1v) is 8.00. The molecule has 1 aliphatic rings. The highest BCUT2D eigenvalue weighted by Crippen LogP contribution is 2.44. The van der Waals surface area contributed by atoms with Crippen LogP contribution in [0.15, 0.2) is 48.5 Å². The molecule has 3 rings (SSSR count). The van der Waals surface area contributed by atoms with Gasteiger partial charge in [-0.3, -0.25) is 4.79 Å². The maximum absolute atomic E-state index is 11.8. The molecular weight excluding hydrogens is 320 g/mol. The van der Waals surface area contributed by atoms with Crippen LogP contribution in [0.1, 0.15) is 17.0 Å². The minimum absolute atomic E-state index is 0.0259. The van der Waals surface area contributed by atoms with E-state index >= 15 is 0 Å². The Morgan fingerprint density at radius 3 is 2.16 bits per heavy atom. The standard InChI is InChI=1S/C19H18N2O4/c22-10-9-20-18(23)11-21-19(24)25-12-17-15-7-3-1-5-13(15)14-6-2-4-8-16(14)17/h1-8,10,17H,9,11-12H2,(H,20,23)(H,21,24). The maximum atomic E-state index is 11.8. The smallest absolute Gasteiger partial charge is 0.407 e. The molecule has 2 N–H and O–H groups in total. The van der Waals surface area contributed by atoms with Crippen molar-refractivity contribution in [3.8, 4) is 11.1 Å². The van der Waals surface area contributed by atoms with Gasteiger partial charge in [-0.15, -0.1) is 0 Å². The van der Waals surface area contributed by atoms with E-state index in [2.05, 4.69) is 22.8 Å².